The van der Waals surface area contributed by atoms with Gasteiger partial charge in [0.15, 0.2) is 0 Å². The summed E-state index contributed by atoms with van der Waals surface area (Å²) in [6.45, 7) is 6.31. The minimum Gasteiger partial charge on any atom is -0.474 e. The average Bonchev–Trinajstić information content (AvgIpc) is 3.26. The standard InChI is InChI=1S/C26H28N6O/c1-18(19-6-9-27-26(14-19)33-24-7-10-31(2)11-8-24)30-25-13-22-12-20(4-5-21(22)15-28-25)23-16-29-32(3)17-23/h4-6,9,12-17,24H,1,7-8,10-11H2,2-3H3,(H,28,30). The largest absolute Gasteiger partial charge is 0.474 e. The van der Waals surface area contributed by atoms with E-state index in [4.69, 9.17) is 4.74 Å². The van der Waals surface area contributed by atoms with E-state index in [1.807, 2.05) is 48.5 Å². The van der Waals surface area contributed by atoms with Crippen LogP contribution in [0.1, 0.15) is 18.4 Å². The maximum atomic E-state index is 6.13. The Bertz CT molecular complexity index is 1290. The van der Waals surface area contributed by atoms with Crippen LogP contribution in [0, 0.1) is 0 Å². The van der Waals surface area contributed by atoms with Crippen molar-refractivity contribution in [1.29, 1.82) is 0 Å². The molecule has 1 aliphatic heterocycles. The lowest BCUT2D eigenvalue weighted by Crippen LogP contribution is -2.35. The zero-order chi connectivity index (χ0) is 22.8. The lowest BCUT2D eigenvalue weighted by atomic mass is 10.0. The normalized spacial score (nSPS) is 15.0. The zero-order valence-corrected chi connectivity index (χ0v) is 19.0. The van der Waals surface area contributed by atoms with Crippen molar-refractivity contribution in [3.63, 3.8) is 0 Å². The fraction of sp³-hybridized carbons (Fsp3) is 0.269. The second kappa shape index (κ2) is 9.03. The van der Waals surface area contributed by atoms with Crippen molar-refractivity contribution in [3.8, 4) is 17.0 Å². The van der Waals surface area contributed by atoms with Crippen LogP contribution in [-0.2, 0) is 7.05 Å². The molecule has 1 saturated heterocycles. The minimum atomic E-state index is 0.210. The Balaban J connectivity index is 1.31. The Hall–Kier alpha value is -3.71. The van der Waals surface area contributed by atoms with E-state index in [-0.39, 0.29) is 6.10 Å². The van der Waals surface area contributed by atoms with Crippen LogP contribution >= 0.6 is 0 Å². The van der Waals surface area contributed by atoms with Crippen LogP contribution in [-0.4, -0.2) is 50.9 Å². The van der Waals surface area contributed by atoms with E-state index in [9.17, 15) is 0 Å². The zero-order valence-electron chi connectivity index (χ0n) is 19.0. The van der Waals surface area contributed by atoms with Gasteiger partial charge in [0.2, 0.25) is 5.88 Å². The van der Waals surface area contributed by atoms with E-state index in [0.29, 0.717) is 5.88 Å². The Morgan fingerprint density at radius 3 is 2.64 bits per heavy atom. The third-order valence-electron chi connectivity index (χ3n) is 6.08. The Morgan fingerprint density at radius 1 is 1.00 bits per heavy atom. The summed E-state index contributed by atoms with van der Waals surface area (Å²) in [5, 5.41) is 9.79. The quantitative estimate of drug-likeness (QED) is 0.473. The number of hydrogen-bond acceptors (Lipinski definition) is 6. The molecule has 0 aliphatic carbocycles. The lowest BCUT2D eigenvalue weighted by Gasteiger charge is -2.29. The maximum Gasteiger partial charge on any atom is 0.214 e. The van der Waals surface area contributed by atoms with Gasteiger partial charge in [-0.25, -0.2) is 9.97 Å². The average molecular weight is 441 g/mol. The molecule has 5 rings (SSSR count). The van der Waals surface area contributed by atoms with Gasteiger partial charge in [-0.15, -0.1) is 0 Å². The first-order valence-electron chi connectivity index (χ1n) is 11.2. The van der Waals surface area contributed by atoms with Crippen molar-refractivity contribution < 1.29 is 4.74 Å². The fourth-order valence-electron chi connectivity index (χ4n) is 4.12. The third kappa shape index (κ3) is 4.88. The van der Waals surface area contributed by atoms with Crippen LogP contribution in [0.15, 0.2) is 67.8 Å². The number of aromatic nitrogens is 4. The number of anilines is 1. The van der Waals surface area contributed by atoms with Gasteiger partial charge in [-0.2, -0.15) is 5.10 Å². The number of rotatable bonds is 6. The first kappa shape index (κ1) is 21.2. The smallest absolute Gasteiger partial charge is 0.214 e. The molecule has 0 bridgehead atoms. The van der Waals surface area contributed by atoms with Gasteiger partial charge in [0.1, 0.15) is 11.9 Å². The molecule has 1 fully saturated rings. The molecule has 0 amide bonds. The summed E-state index contributed by atoms with van der Waals surface area (Å²) < 4.78 is 7.94. The summed E-state index contributed by atoms with van der Waals surface area (Å²) in [5.41, 5.74) is 3.89. The Morgan fingerprint density at radius 2 is 1.85 bits per heavy atom. The van der Waals surface area contributed by atoms with E-state index >= 15 is 0 Å². The van der Waals surface area contributed by atoms with Gasteiger partial charge < -0.3 is 15.0 Å². The first-order chi connectivity index (χ1) is 16.0. The SMILES string of the molecule is C=C(Nc1cc2cc(-c3cnn(C)c3)ccc2cn1)c1ccnc(OC2CCN(C)CC2)c1. The predicted molar refractivity (Wildman–Crippen MR) is 132 cm³/mol. The van der Waals surface area contributed by atoms with E-state index in [1.165, 1.54) is 0 Å². The number of fused-ring (bicyclic) bond motifs is 1. The molecule has 7 heteroatoms. The van der Waals surface area contributed by atoms with Crippen molar-refractivity contribution >= 4 is 22.3 Å². The molecule has 0 unspecified atom stereocenters. The predicted octanol–water partition coefficient (Wildman–Crippen LogP) is 4.59. The molecule has 1 aliphatic rings. The number of aryl methyl sites for hydroxylation is 1. The van der Waals surface area contributed by atoms with Crippen molar-refractivity contribution in [2.45, 2.75) is 18.9 Å². The van der Waals surface area contributed by atoms with Crippen molar-refractivity contribution in [3.05, 3.63) is 73.3 Å². The molecule has 0 atom stereocenters. The van der Waals surface area contributed by atoms with E-state index in [2.05, 4.69) is 57.1 Å². The number of piperidine rings is 1. The van der Waals surface area contributed by atoms with Crippen molar-refractivity contribution in [2.24, 2.45) is 7.05 Å². The van der Waals surface area contributed by atoms with Gasteiger partial charge in [0.05, 0.1) is 6.20 Å². The molecule has 0 radical (unpaired) electrons. The highest BCUT2D eigenvalue weighted by atomic mass is 16.5. The van der Waals surface area contributed by atoms with Gasteiger partial charge in [-0.05, 0) is 49.0 Å². The van der Waals surface area contributed by atoms with Crippen LogP contribution < -0.4 is 10.1 Å². The van der Waals surface area contributed by atoms with E-state index in [1.54, 1.807) is 6.20 Å². The number of nitrogens with zero attached hydrogens (tertiary/aromatic N) is 5. The van der Waals surface area contributed by atoms with Crippen LogP contribution in [0.2, 0.25) is 0 Å². The van der Waals surface area contributed by atoms with E-state index in [0.717, 1.165) is 64.9 Å². The number of likely N-dealkylation sites (tertiary alicyclic amines) is 1. The Kier molecular flexibility index (Phi) is 5.79. The number of nitrogens with one attached hydrogen (secondary N) is 1. The third-order valence-corrected chi connectivity index (χ3v) is 6.08. The summed E-state index contributed by atoms with van der Waals surface area (Å²) in [4.78, 5) is 11.3. The minimum absolute atomic E-state index is 0.210. The molecular weight excluding hydrogens is 412 g/mol. The monoisotopic (exact) mass is 440 g/mol. The Labute approximate surface area is 193 Å². The highest BCUT2D eigenvalue weighted by Crippen LogP contribution is 2.27. The highest BCUT2D eigenvalue weighted by molar-refractivity contribution is 5.89. The molecule has 168 valence electrons. The molecule has 4 aromatic rings. The second-order valence-electron chi connectivity index (χ2n) is 8.64. The summed E-state index contributed by atoms with van der Waals surface area (Å²) in [7, 11) is 4.07. The molecule has 4 heterocycles. The second-order valence-corrected chi connectivity index (χ2v) is 8.64. The van der Waals surface area contributed by atoms with Gasteiger partial charge in [-0.1, -0.05) is 18.7 Å². The molecule has 33 heavy (non-hydrogen) atoms. The molecule has 1 N–H and O–H groups in total. The van der Waals surface area contributed by atoms with Crippen LogP contribution in [0.4, 0.5) is 5.82 Å². The van der Waals surface area contributed by atoms with Gasteiger partial charge in [0.25, 0.3) is 0 Å². The molecular formula is C26H28N6O. The van der Waals surface area contributed by atoms with E-state index < -0.39 is 0 Å². The van der Waals surface area contributed by atoms with Crippen LogP contribution in [0.3, 0.4) is 0 Å². The molecule has 0 spiro atoms. The van der Waals surface area contributed by atoms with Crippen LogP contribution in [0.5, 0.6) is 5.88 Å². The van der Waals surface area contributed by atoms with Gasteiger partial charge >= 0.3 is 0 Å². The molecule has 0 saturated carbocycles. The fourth-order valence-corrected chi connectivity index (χ4v) is 4.12. The first-order valence-corrected chi connectivity index (χ1v) is 11.2. The summed E-state index contributed by atoms with van der Waals surface area (Å²) >= 11 is 0. The molecule has 3 aromatic heterocycles. The summed E-state index contributed by atoms with van der Waals surface area (Å²) in [5.74, 6) is 1.38. The summed E-state index contributed by atoms with van der Waals surface area (Å²) in [6, 6.07) is 12.2. The number of pyridine rings is 2. The molecule has 1 aromatic carbocycles. The van der Waals surface area contributed by atoms with Gasteiger partial charge in [-0.3, -0.25) is 4.68 Å². The number of ether oxygens (including phenoxy) is 1. The number of benzene rings is 1. The topological polar surface area (TPSA) is 68.1 Å². The highest BCUT2D eigenvalue weighted by Gasteiger charge is 2.18. The van der Waals surface area contributed by atoms with Crippen molar-refractivity contribution in [1.82, 2.24) is 24.6 Å². The van der Waals surface area contributed by atoms with Gasteiger partial charge in [0, 0.05) is 67.0 Å². The van der Waals surface area contributed by atoms with Crippen molar-refractivity contribution in [2.75, 3.05) is 25.5 Å². The summed E-state index contributed by atoms with van der Waals surface area (Å²) in [6.07, 6.45) is 9.77. The maximum absolute atomic E-state index is 6.13. The number of hydrogen-bond donors (Lipinski definition) is 1. The van der Waals surface area contributed by atoms with Crippen LogP contribution in [0.25, 0.3) is 27.6 Å². The lowest BCUT2D eigenvalue weighted by molar-refractivity contribution is 0.110. The molecule has 7 nitrogen and oxygen atoms in total.